The number of H-pyrrole nitrogens is 1. The van der Waals surface area contributed by atoms with Crippen molar-refractivity contribution in [2.45, 2.75) is 89.3 Å². The van der Waals surface area contributed by atoms with Gasteiger partial charge in [0, 0.05) is 38.6 Å². The molecule has 0 radical (unpaired) electrons. The SMILES string of the molecule is O=C(CC1CCCCC1)N1CCc2nc([C@H]3CCCN3C3CCOCC3)[nH]c(=O)c2C1. The summed E-state index contributed by atoms with van der Waals surface area (Å²) in [5.74, 6) is 1.57. The molecule has 0 bridgehead atoms. The van der Waals surface area contributed by atoms with E-state index in [2.05, 4.69) is 9.88 Å². The molecule has 5 rings (SSSR count). The van der Waals surface area contributed by atoms with Crippen molar-refractivity contribution in [2.75, 3.05) is 26.3 Å². The number of amides is 1. The minimum Gasteiger partial charge on any atom is -0.381 e. The molecule has 170 valence electrons. The van der Waals surface area contributed by atoms with Crippen LogP contribution in [0.1, 0.15) is 87.3 Å². The fourth-order valence-corrected chi connectivity index (χ4v) is 6.12. The second kappa shape index (κ2) is 9.41. The maximum atomic E-state index is 13.0. The Morgan fingerprint density at radius 1 is 1.03 bits per heavy atom. The minimum absolute atomic E-state index is 0.0472. The second-order valence-corrected chi connectivity index (χ2v) is 9.89. The van der Waals surface area contributed by atoms with Crippen molar-refractivity contribution < 1.29 is 9.53 Å². The van der Waals surface area contributed by atoms with Crippen molar-refractivity contribution in [3.8, 4) is 0 Å². The summed E-state index contributed by atoms with van der Waals surface area (Å²) in [6.07, 6.45) is 11.8. The maximum absolute atomic E-state index is 13.0. The monoisotopic (exact) mass is 428 g/mol. The second-order valence-electron chi connectivity index (χ2n) is 9.89. The van der Waals surface area contributed by atoms with Gasteiger partial charge in [-0.1, -0.05) is 19.3 Å². The van der Waals surface area contributed by atoms with Crippen LogP contribution in [-0.4, -0.2) is 58.0 Å². The van der Waals surface area contributed by atoms with Crippen molar-refractivity contribution in [3.05, 3.63) is 27.4 Å². The molecule has 1 aromatic rings. The first-order valence-corrected chi connectivity index (χ1v) is 12.4. The number of rotatable bonds is 4. The van der Waals surface area contributed by atoms with Gasteiger partial charge in [-0.05, 0) is 51.0 Å². The predicted molar refractivity (Wildman–Crippen MR) is 118 cm³/mol. The first kappa shape index (κ1) is 21.1. The number of likely N-dealkylation sites (tertiary alicyclic amines) is 1. The first-order chi connectivity index (χ1) is 15.2. The average Bonchev–Trinajstić information content (AvgIpc) is 3.30. The molecule has 1 aliphatic carbocycles. The van der Waals surface area contributed by atoms with Crippen LogP contribution in [0.15, 0.2) is 4.79 Å². The highest BCUT2D eigenvalue weighted by Crippen LogP contribution is 2.34. The van der Waals surface area contributed by atoms with Gasteiger partial charge < -0.3 is 14.6 Å². The van der Waals surface area contributed by atoms with Crippen LogP contribution in [0.25, 0.3) is 0 Å². The van der Waals surface area contributed by atoms with Gasteiger partial charge in [0.1, 0.15) is 5.82 Å². The van der Waals surface area contributed by atoms with Gasteiger partial charge in [0.05, 0.1) is 23.8 Å². The standard InChI is InChI=1S/C24H36N4O3/c29-22(15-17-5-2-1-3-6-17)27-12-8-20-19(16-27)24(30)26-23(25-20)21-7-4-11-28(21)18-9-13-31-14-10-18/h17-18,21H,1-16H2,(H,25,26,30)/t21-/m1/s1. The van der Waals surface area contributed by atoms with Crippen molar-refractivity contribution in [3.63, 3.8) is 0 Å². The third-order valence-electron chi connectivity index (χ3n) is 7.90. The Morgan fingerprint density at radius 2 is 1.84 bits per heavy atom. The highest BCUT2D eigenvalue weighted by Gasteiger charge is 2.35. The highest BCUT2D eigenvalue weighted by atomic mass is 16.5. The van der Waals surface area contributed by atoms with Gasteiger partial charge in [0.2, 0.25) is 5.91 Å². The van der Waals surface area contributed by atoms with Gasteiger partial charge >= 0.3 is 0 Å². The lowest BCUT2D eigenvalue weighted by molar-refractivity contribution is -0.133. The Hall–Kier alpha value is -1.73. The third-order valence-corrected chi connectivity index (χ3v) is 7.90. The number of hydrogen-bond donors (Lipinski definition) is 1. The predicted octanol–water partition coefficient (Wildman–Crippen LogP) is 2.94. The fourth-order valence-electron chi connectivity index (χ4n) is 6.12. The molecule has 1 atom stereocenters. The Balaban J connectivity index is 1.28. The van der Waals surface area contributed by atoms with E-state index in [1.165, 1.54) is 32.1 Å². The molecule has 1 aromatic heterocycles. The van der Waals surface area contributed by atoms with Gasteiger partial charge in [-0.15, -0.1) is 0 Å². The average molecular weight is 429 g/mol. The molecule has 0 spiro atoms. The molecule has 3 aliphatic heterocycles. The third kappa shape index (κ3) is 4.58. The van der Waals surface area contributed by atoms with E-state index in [0.717, 1.165) is 57.0 Å². The smallest absolute Gasteiger partial charge is 0.256 e. The minimum atomic E-state index is -0.0472. The Morgan fingerprint density at radius 3 is 2.65 bits per heavy atom. The molecule has 2 saturated heterocycles. The van der Waals surface area contributed by atoms with E-state index in [-0.39, 0.29) is 17.5 Å². The zero-order chi connectivity index (χ0) is 21.2. The number of carbonyl (C=O) groups is 1. The molecule has 4 aliphatic rings. The van der Waals surface area contributed by atoms with Crippen LogP contribution in [0, 0.1) is 5.92 Å². The lowest BCUT2D eigenvalue weighted by Gasteiger charge is -2.35. The summed E-state index contributed by atoms with van der Waals surface area (Å²) in [6, 6.07) is 0.725. The van der Waals surface area contributed by atoms with Gasteiger partial charge in [0.15, 0.2) is 0 Å². The Labute approximate surface area is 184 Å². The van der Waals surface area contributed by atoms with Crippen LogP contribution in [0.2, 0.25) is 0 Å². The Kier molecular flexibility index (Phi) is 6.41. The van der Waals surface area contributed by atoms with Gasteiger partial charge in [-0.25, -0.2) is 4.98 Å². The summed E-state index contributed by atoms with van der Waals surface area (Å²) in [6.45, 7) is 3.82. The number of ether oxygens (including phenoxy) is 1. The largest absolute Gasteiger partial charge is 0.381 e. The molecule has 1 amide bonds. The molecule has 1 saturated carbocycles. The molecule has 4 heterocycles. The van der Waals surface area contributed by atoms with Crippen LogP contribution >= 0.6 is 0 Å². The van der Waals surface area contributed by atoms with Gasteiger partial charge in [0.25, 0.3) is 5.56 Å². The molecular weight excluding hydrogens is 392 g/mol. The summed E-state index contributed by atoms with van der Waals surface area (Å²) >= 11 is 0. The molecule has 7 heteroatoms. The summed E-state index contributed by atoms with van der Waals surface area (Å²) < 4.78 is 5.54. The molecule has 0 unspecified atom stereocenters. The van der Waals surface area contributed by atoms with Crippen LogP contribution in [0.5, 0.6) is 0 Å². The van der Waals surface area contributed by atoms with Gasteiger partial charge in [-0.2, -0.15) is 0 Å². The normalized spacial score (nSPS) is 26.2. The summed E-state index contributed by atoms with van der Waals surface area (Å²) in [4.78, 5) is 38.3. The van der Waals surface area contributed by atoms with E-state index in [4.69, 9.17) is 9.72 Å². The van der Waals surface area contributed by atoms with Crippen molar-refractivity contribution in [1.82, 2.24) is 19.8 Å². The summed E-state index contributed by atoms with van der Waals surface area (Å²) in [5, 5.41) is 0. The number of carbonyl (C=O) groups excluding carboxylic acids is 1. The maximum Gasteiger partial charge on any atom is 0.256 e. The number of aromatic nitrogens is 2. The number of hydrogen-bond acceptors (Lipinski definition) is 5. The first-order valence-electron chi connectivity index (χ1n) is 12.4. The lowest BCUT2D eigenvalue weighted by Crippen LogP contribution is -2.42. The van der Waals surface area contributed by atoms with E-state index in [9.17, 15) is 9.59 Å². The lowest BCUT2D eigenvalue weighted by atomic mass is 9.86. The topological polar surface area (TPSA) is 78.5 Å². The zero-order valence-corrected chi connectivity index (χ0v) is 18.6. The van der Waals surface area contributed by atoms with E-state index in [1.807, 2.05) is 4.90 Å². The Bertz CT molecular complexity index is 842. The number of fused-ring (bicyclic) bond motifs is 1. The highest BCUT2D eigenvalue weighted by molar-refractivity contribution is 5.76. The quantitative estimate of drug-likeness (QED) is 0.798. The number of nitrogens with zero attached hydrogens (tertiary/aromatic N) is 3. The molecule has 7 nitrogen and oxygen atoms in total. The van der Waals surface area contributed by atoms with Crippen LogP contribution in [0.3, 0.4) is 0 Å². The number of nitrogens with one attached hydrogen (secondary N) is 1. The molecule has 1 N–H and O–H groups in total. The molecule has 3 fully saturated rings. The zero-order valence-electron chi connectivity index (χ0n) is 18.6. The number of aromatic amines is 1. The van der Waals surface area contributed by atoms with E-state index in [1.54, 1.807) is 0 Å². The van der Waals surface area contributed by atoms with Crippen LogP contribution < -0.4 is 5.56 Å². The van der Waals surface area contributed by atoms with E-state index < -0.39 is 0 Å². The van der Waals surface area contributed by atoms with Crippen molar-refractivity contribution in [2.24, 2.45) is 5.92 Å². The molecule has 0 aromatic carbocycles. The fraction of sp³-hybridized carbons (Fsp3) is 0.792. The summed E-state index contributed by atoms with van der Waals surface area (Å²) in [7, 11) is 0. The summed E-state index contributed by atoms with van der Waals surface area (Å²) in [5.41, 5.74) is 1.55. The molecule has 31 heavy (non-hydrogen) atoms. The van der Waals surface area contributed by atoms with Crippen molar-refractivity contribution in [1.29, 1.82) is 0 Å². The molecular formula is C24H36N4O3. The van der Waals surface area contributed by atoms with E-state index >= 15 is 0 Å². The van der Waals surface area contributed by atoms with Crippen molar-refractivity contribution >= 4 is 5.91 Å². The van der Waals surface area contributed by atoms with Crippen LogP contribution in [-0.2, 0) is 22.5 Å². The van der Waals surface area contributed by atoms with Gasteiger partial charge in [-0.3, -0.25) is 14.5 Å². The van der Waals surface area contributed by atoms with E-state index in [0.29, 0.717) is 43.5 Å². The van der Waals surface area contributed by atoms with Crippen LogP contribution in [0.4, 0.5) is 0 Å².